The van der Waals surface area contributed by atoms with Gasteiger partial charge in [-0.05, 0) is 51.2 Å². The minimum absolute atomic E-state index is 0.0438. The van der Waals surface area contributed by atoms with Crippen LogP contribution in [0.4, 0.5) is 0 Å². The molecule has 1 aromatic heterocycles. The fourth-order valence-electron chi connectivity index (χ4n) is 3.24. The third kappa shape index (κ3) is 3.57. The number of aromatic nitrogens is 1. The Morgan fingerprint density at radius 2 is 2.08 bits per heavy atom. The predicted molar refractivity (Wildman–Crippen MR) is 91.1 cm³/mol. The van der Waals surface area contributed by atoms with Gasteiger partial charge in [0.15, 0.2) is 6.10 Å². The van der Waals surface area contributed by atoms with Gasteiger partial charge in [0.05, 0.1) is 11.7 Å². The maximum atomic E-state index is 12.5. The predicted octanol–water partition coefficient (Wildman–Crippen LogP) is 3.03. The minimum atomic E-state index is -0.893. The molecule has 6 heteroatoms. The molecule has 0 radical (unpaired) electrons. The molecule has 1 aromatic carbocycles. The summed E-state index contributed by atoms with van der Waals surface area (Å²) in [4.78, 5) is 24.7. The average Bonchev–Trinajstić information content (AvgIpc) is 2.93. The molecule has 3 rings (SSSR count). The molecule has 0 saturated heterocycles. The van der Waals surface area contributed by atoms with Crippen LogP contribution in [0.25, 0.3) is 0 Å². The lowest BCUT2D eigenvalue weighted by atomic mass is 9.87. The Hall–Kier alpha value is -2.63. The van der Waals surface area contributed by atoms with Gasteiger partial charge in [0, 0.05) is 0 Å². The number of esters is 1. The van der Waals surface area contributed by atoms with E-state index in [0.29, 0.717) is 11.5 Å². The van der Waals surface area contributed by atoms with Gasteiger partial charge in [-0.1, -0.05) is 29.4 Å². The summed E-state index contributed by atoms with van der Waals surface area (Å²) in [6.07, 6.45) is 2.04. The number of benzene rings is 1. The Morgan fingerprint density at radius 3 is 2.80 bits per heavy atom. The fraction of sp³-hybridized carbons (Fsp3) is 0.421. The SMILES string of the molecule is Cc1noc(C)c1C(=O)O[C@@H](C)C(=O)N[C@H]1CCCc2ccccc21. The van der Waals surface area contributed by atoms with Gasteiger partial charge in [-0.15, -0.1) is 0 Å². The number of amides is 1. The highest BCUT2D eigenvalue weighted by atomic mass is 16.5. The number of nitrogens with one attached hydrogen (secondary N) is 1. The summed E-state index contributed by atoms with van der Waals surface area (Å²) in [5, 5.41) is 6.73. The van der Waals surface area contributed by atoms with E-state index in [4.69, 9.17) is 9.26 Å². The largest absolute Gasteiger partial charge is 0.449 e. The van der Waals surface area contributed by atoms with Gasteiger partial charge in [-0.25, -0.2) is 4.79 Å². The summed E-state index contributed by atoms with van der Waals surface area (Å²) in [7, 11) is 0. The number of fused-ring (bicyclic) bond motifs is 1. The third-order valence-corrected chi connectivity index (χ3v) is 4.58. The van der Waals surface area contributed by atoms with Crippen LogP contribution in [0.1, 0.15) is 58.7 Å². The molecule has 0 aliphatic heterocycles. The quantitative estimate of drug-likeness (QED) is 0.864. The van der Waals surface area contributed by atoms with Gasteiger partial charge in [0.25, 0.3) is 5.91 Å². The average molecular weight is 342 g/mol. The molecule has 0 saturated carbocycles. The van der Waals surface area contributed by atoms with E-state index in [1.165, 1.54) is 5.56 Å². The van der Waals surface area contributed by atoms with Gasteiger partial charge in [-0.3, -0.25) is 4.79 Å². The van der Waals surface area contributed by atoms with Gasteiger partial charge in [-0.2, -0.15) is 0 Å². The Kier molecular flexibility index (Phi) is 4.88. The van der Waals surface area contributed by atoms with Crippen LogP contribution in [-0.4, -0.2) is 23.1 Å². The van der Waals surface area contributed by atoms with Gasteiger partial charge >= 0.3 is 5.97 Å². The van der Waals surface area contributed by atoms with Crippen molar-refractivity contribution in [2.45, 2.75) is 52.2 Å². The highest BCUT2D eigenvalue weighted by molar-refractivity contribution is 5.93. The molecular weight excluding hydrogens is 320 g/mol. The normalized spacial score (nSPS) is 17.5. The van der Waals surface area contributed by atoms with E-state index in [0.717, 1.165) is 24.8 Å². The molecule has 1 heterocycles. The topological polar surface area (TPSA) is 81.4 Å². The van der Waals surface area contributed by atoms with Crippen molar-refractivity contribution in [3.8, 4) is 0 Å². The Balaban J connectivity index is 1.65. The lowest BCUT2D eigenvalue weighted by Gasteiger charge is -2.27. The van der Waals surface area contributed by atoms with Crippen LogP contribution in [0, 0.1) is 13.8 Å². The minimum Gasteiger partial charge on any atom is -0.449 e. The van der Waals surface area contributed by atoms with E-state index < -0.39 is 12.1 Å². The Labute approximate surface area is 146 Å². The van der Waals surface area contributed by atoms with Crippen LogP contribution in [0.5, 0.6) is 0 Å². The van der Waals surface area contributed by atoms with E-state index in [2.05, 4.69) is 16.5 Å². The van der Waals surface area contributed by atoms with Crippen molar-refractivity contribution >= 4 is 11.9 Å². The molecule has 1 aliphatic rings. The van der Waals surface area contributed by atoms with Crippen LogP contribution < -0.4 is 5.32 Å². The van der Waals surface area contributed by atoms with E-state index >= 15 is 0 Å². The van der Waals surface area contributed by atoms with E-state index in [-0.39, 0.29) is 17.5 Å². The zero-order chi connectivity index (χ0) is 18.0. The molecule has 2 aromatic rings. The number of carbonyl (C=O) groups excluding carboxylic acids is 2. The van der Waals surface area contributed by atoms with Crippen molar-refractivity contribution in [1.82, 2.24) is 10.5 Å². The number of hydrogen-bond acceptors (Lipinski definition) is 5. The molecule has 1 N–H and O–H groups in total. The molecule has 25 heavy (non-hydrogen) atoms. The molecule has 132 valence electrons. The lowest BCUT2D eigenvalue weighted by molar-refractivity contribution is -0.130. The van der Waals surface area contributed by atoms with Crippen LogP contribution in [0.2, 0.25) is 0 Å². The first-order valence-electron chi connectivity index (χ1n) is 8.49. The zero-order valence-corrected chi connectivity index (χ0v) is 14.7. The standard InChI is InChI=1S/C19H22N2O4/c1-11-17(12(2)25-21-11)19(23)24-13(3)18(22)20-16-10-6-8-14-7-4-5-9-15(14)16/h4-5,7,9,13,16H,6,8,10H2,1-3H3,(H,20,22)/t13-,16-/m0/s1. The van der Waals surface area contributed by atoms with Gasteiger partial charge < -0.3 is 14.6 Å². The summed E-state index contributed by atoms with van der Waals surface area (Å²) in [6, 6.07) is 8.08. The first kappa shape index (κ1) is 17.2. The highest BCUT2D eigenvalue weighted by Crippen LogP contribution is 2.29. The molecule has 1 amide bonds. The second-order valence-corrected chi connectivity index (χ2v) is 6.40. The zero-order valence-electron chi connectivity index (χ0n) is 14.7. The smallest absolute Gasteiger partial charge is 0.344 e. The van der Waals surface area contributed by atoms with E-state index in [1.54, 1.807) is 20.8 Å². The van der Waals surface area contributed by atoms with Crippen molar-refractivity contribution in [2.75, 3.05) is 0 Å². The number of rotatable bonds is 4. The van der Waals surface area contributed by atoms with E-state index in [1.807, 2.05) is 18.2 Å². The molecule has 0 bridgehead atoms. The Morgan fingerprint density at radius 1 is 1.32 bits per heavy atom. The van der Waals surface area contributed by atoms with Crippen molar-refractivity contribution < 1.29 is 18.8 Å². The Bertz CT molecular complexity index is 777. The van der Waals surface area contributed by atoms with Crippen LogP contribution in [-0.2, 0) is 16.0 Å². The maximum Gasteiger partial charge on any atom is 0.344 e. The monoisotopic (exact) mass is 342 g/mol. The molecule has 6 nitrogen and oxygen atoms in total. The summed E-state index contributed by atoms with van der Waals surface area (Å²) >= 11 is 0. The summed E-state index contributed by atoms with van der Waals surface area (Å²) in [5.41, 5.74) is 3.14. The number of carbonyl (C=O) groups is 2. The second kappa shape index (κ2) is 7.09. The first-order valence-corrected chi connectivity index (χ1v) is 8.49. The van der Waals surface area contributed by atoms with Crippen molar-refractivity contribution in [3.63, 3.8) is 0 Å². The first-order chi connectivity index (χ1) is 12.0. The molecule has 0 fully saturated rings. The summed E-state index contributed by atoms with van der Waals surface area (Å²) in [6.45, 7) is 4.87. The van der Waals surface area contributed by atoms with Crippen molar-refractivity contribution in [1.29, 1.82) is 0 Å². The summed E-state index contributed by atoms with van der Waals surface area (Å²) in [5.74, 6) is -0.513. The second-order valence-electron chi connectivity index (χ2n) is 6.40. The number of aryl methyl sites for hydroxylation is 3. The number of nitrogens with zero attached hydrogens (tertiary/aromatic N) is 1. The van der Waals surface area contributed by atoms with E-state index in [9.17, 15) is 9.59 Å². The summed E-state index contributed by atoms with van der Waals surface area (Å²) < 4.78 is 10.3. The van der Waals surface area contributed by atoms with Crippen molar-refractivity contribution in [3.05, 3.63) is 52.4 Å². The number of ether oxygens (including phenoxy) is 1. The highest BCUT2D eigenvalue weighted by Gasteiger charge is 2.27. The third-order valence-electron chi connectivity index (χ3n) is 4.58. The number of hydrogen-bond donors (Lipinski definition) is 1. The van der Waals surface area contributed by atoms with Crippen LogP contribution in [0.15, 0.2) is 28.8 Å². The van der Waals surface area contributed by atoms with Gasteiger partial charge in [0.1, 0.15) is 11.3 Å². The van der Waals surface area contributed by atoms with Crippen LogP contribution >= 0.6 is 0 Å². The van der Waals surface area contributed by atoms with Crippen LogP contribution in [0.3, 0.4) is 0 Å². The van der Waals surface area contributed by atoms with Crippen molar-refractivity contribution in [2.24, 2.45) is 0 Å². The molecular formula is C19H22N2O4. The molecule has 0 unspecified atom stereocenters. The molecule has 2 atom stereocenters. The fourth-order valence-corrected chi connectivity index (χ4v) is 3.24. The molecule has 0 spiro atoms. The lowest BCUT2D eigenvalue weighted by Crippen LogP contribution is -2.39. The van der Waals surface area contributed by atoms with Gasteiger partial charge in [0.2, 0.25) is 0 Å². The maximum absolute atomic E-state index is 12.5. The molecule has 1 aliphatic carbocycles.